The highest BCUT2D eigenvalue weighted by atomic mass is 35.5. The minimum Gasteiger partial charge on any atom is -0.374 e. The van der Waals surface area contributed by atoms with Gasteiger partial charge in [0.25, 0.3) is 0 Å². The van der Waals surface area contributed by atoms with E-state index in [1.165, 1.54) is 12.1 Å². The minimum absolute atomic E-state index is 0.264. The van der Waals surface area contributed by atoms with Crippen molar-refractivity contribution < 1.29 is 9.50 Å². The summed E-state index contributed by atoms with van der Waals surface area (Å²) in [6, 6.07) is 8.06. The highest BCUT2D eigenvalue weighted by Gasteiger charge is 2.29. The fourth-order valence-electron chi connectivity index (χ4n) is 3.43. The van der Waals surface area contributed by atoms with Crippen LogP contribution >= 0.6 is 11.6 Å². The van der Waals surface area contributed by atoms with Crippen LogP contribution in [0, 0.1) is 12.7 Å². The van der Waals surface area contributed by atoms with Crippen LogP contribution in [0.15, 0.2) is 30.3 Å². The van der Waals surface area contributed by atoms with Gasteiger partial charge in [-0.2, -0.15) is 0 Å². The minimum atomic E-state index is -0.560. The third-order valence-electron chi connectivity index (χ3n) is 4.63. The molecule has 128 valence electrons. The second-order valence-corrected chi connectivity index (χ2v) is 6.82. The van der Waals surface area contributed by atoms with E-state index in [2.05, 4.69) is 0 Å². The van der Waals surface area contributed by atoms with E-state index < -0.39 is 6.23 Å². The zero-order chi connectivity index (χ0) is 17.4. The van der Waals surface area contributed by atoms with Crippen LogP contribution in [0.25, 0.3) is 11.1 Å². The van der Waals surface area contributed by atoms with Crippen LogP contribution in [0.4, 0.5) is 10.1 Å². The molecule has 3 N–H and O–H groups in total. The van der Waals surface area contributed by atoms with Crippen LogP contribution in [0.1, 0.15) is 36.9 Å². The van der Waals surface area contributed by atoms with E-state index in [0.29, 0.717) is 11.4 Å². The number of hydrogen-bond acceptors (Lipinski definition) is 3. The average molecular weight is 349 g/mol. The smallest absolute Gasteiger partial charge is 0.126 e. The van der Waals surface area contributed by atoms with E-state index in [0.717, 1.165) is 40.9 Å². The van der Waals surface area contributed by atoms with Crippen molar-refractivity contribution in [3.05, 3.63) is 52.3 Å². The lowest BCUT2D eigenvalue weighted by Crippen LogP contribution is -2.30. The van der Waals surface area contributed by atoms with Crippen LogP contribution in [0.2, 0.25) is 5.02 Å². The third-order valence-corrected chi connectivity index (χ3v) is 5.03. The van der Waals surface area contributed by atoms with Crippen molar-refractivity contribution >= 4 is 17.3 Å². The van der Waals surface area contributed by atoms with E-state index in [4.69, 9.17) is 17.3 Å². The van der Waals surface area contributed by atoms with Gasteiger partial charge in [0.1, 0.15) is 12.0 Å². The molecule has 0 aromatic heterocycles. The molecule has 1 heterocycles. The Hall–Kier alpha value is -1.62. The monoisotopic (exact) mass is 348 g/mol. The van der Waals surface area contributed by atoms with Crippen LogP contribution in [0.3, 0.4) is 0 Å². The quantitative estimate of drug-likeness (QED) is 0.864. The molecule has 0 bridgehead atoms. The number of anilines is 1. The number of hydrogen-bond donors (Lipinski definition) is 2. The van der Waals surface area contributed by atoms with E-state index in [1.54, 1.807) is 6.07 Å². The Labute approximate surface area is 146 Å². The van der Waals surface area contributed by atoms with Crippen molar-refractivity contribution in [2.24, 2.45) is 5.73 Å². The lowest BCUT2D eigenvalue weighted by molar-refractivity contribution is 0.185. The average Bonchev–Trinajstić information content (AvgIpc) is 2.95. The number of nitrogens with zero attached hydrogens (tertiary/aromatic N) is 1. The summed E-state index contributed by atoms with van der Waals surface area (Å²) >= 11 is 6.44. The van der Waals surface area contributed by atoms with Gasteiger partial charge in [0.15, 0.2) is 0 Å². The van der Waals surface area contributed by atoms with Gasteiger partial charge in [-0.1, -0.05) is 23.7 Å². The van der Waals surface area contributed by atoms with Crippen molar-refractivity contribution in [1.29, 1.82) is 0 Å². The maximum absolute atomic E-state index is 13.8. The molecule has 24 heavy (non-hydrogen) atoms. The second-order valence-electron chi connectivity index (χ2n) is 6.41. The van der Waals surface area contributed by atoms with Gasteiger partial charge < -0.3 is 15.7 Å². The van der Waals surface area contributed by atoms with Gasteiger partial charge in [-0.3, -0.25) is 0 Å². The first kappa shape index (κ1) is 17.2. The second kappa shape index (κ2) is 6.71. The molecule has 2 aromatic rings. The van der Waals surface area contributed by atoms with Crippen LogP contribution < -0.4 is 10.6 Å². The molecule has 3 nitrogen and oxygen atoms in total. The highest BCUT2D eigenvalue weighted by molar-refractivity contribution is 6.32. The number of rotatable bonds is 3. The molecule has 3 rings (SSSR count). The molecule has 1 fully saturated rings. The van der Waals surface area contributed by atoms with Crippen molar-refractivity contribution in [2.45, 2.75) is 39.0 Å². The predicted octanol–water partition coefficient (Wildman–Crippen LogP) is 4.39. The number of halogens is 2. The number of aliphatic hydroxyl groups is 1. The van der Waals surface area contributed by atoms with Crippen LogP contribution in [-0.4, -0.2) is 17.9 Å². The molecule has 0 saturated carbocycles. The molecule has 0 spiro atoms. The zero-order valence-electron chi connectivity index (χ0n) is 13.9. The maximum Gasteiger partial charge on any atom is 0.126 e. The first-order chi connectivity index (χ1) is 11.4. The molecule has 2 aromatic carbocycles. The first-order valence-corrected chi connectivity index (χ1v) is 8.57. The maximum atomic E-state index is 13.8. The van der Waals surface area contributed by atoms with Gasteiger partial charge in [0.2, 0.25) is 0 Å². The first-order valence-electron chi connectivity index (χ1n) is 8.19. The number of benzene rings is 2. The molecule has 1 aliphatic heterocycles. The van der Waals surface area contributed by atoms with Crippen molar-refractivity contribution in [3.63, 3.8) is 0 Å². The Morgan fingerprint density at radius 2 is 2.12 bits per heavy atom. The summed E-state index contributed by atoms with van der Waals surface area (Å²) in [5.41, 5.74) is 10.4. The van der Waals surface area contributed by atoms with Crippen molar-refractivity contribution in [3.8, 4) is 11.1 Å². The Balaban J connectivity index is 2.33. The Bertz CT molecular complexity index is 763. The van der Waals surface area contributed by atoms with Gasteiger partial charge in [0.05, 0.1) is 5.69 Å². The molecule has 1 aliphatic rings. The highest BCUT2D eigenvalue weighted by Crippen LogP contribution is 2.44. The molecule has 0 radical (unpaired) electrons. The molecule has 0 aliphatic carbocycles. The summed E-state index contributed by atoms with van der Waals surface area (Å²) in [5, 5.41) is 11.0. The summed E-state index contributed by atoms with van der Waals surface area (Å²) in [6.07, 6.45) is 1.06. The molecule has 5 heteroatoms. The zero-order valence-corrected chi connectivity index (χ0v) is 14.6. The standard InChI is InChI=1S/C19H22ClFN2O/c1-11-16(20)10-15(12(2)22)18(13-5-3-6-14(21)9-13)19(11)23-8-4-7-17(23)24/h3,5-6,9-10,12,17,24H,4,7-8,22H2,1-2H3. The van der Waals surface area contributed by atoms with Gasteiger partial charge in [-0.15, -0.1) is 0 Å². The lowest BCUT2D eigenvalue weighted by atomic mass is 9.91. The third kappa shape index (κ3) is 3.02. The van der Waals surface area contributed by atoms with Gasteiger partial charge in [-0.05, 0) is 61.6 Å². The van der Waals surface area contributed by atoms with Gasteiger partial charge >= 0.3 is 0 Å². The molecular weight excluding hydrogens is 327 g/mol. The van der Waals surface area contributed by atoms with Gasteiger partial charge in [0, 0.05) is 23.2 Å². The normalized spacial score (nSPS) is 18.9. The van der Waals surface area contributed by atoms with Crippen LogP contribution in [-0.2, 0) is 0 Å². The van der Waals surface area contributed by atoms with E-state index in [-0.39, 0.29) is 11.9 Å². The summed E-state index contributed by atoms with van der Waals surface area (Å²) in [6.45, 7) is 4.55. The fourth-order valence-corrected chi connectivity index (χ4v) is 3.64. The molecule has 1 saturated heterocycles. The Morgan fingerprint density at radius 1 is 1.38 bits per heavy atom. The number of aliphatic hydroxyl groups excluding tert-OH is 1. The van der Waals surface area contributed by atoms with E-state index in [1.807, 2.05) is 30.9 Å². The predicted molar refractivity (Wildman–Crippen MR) is 96.8 cm³/mol. The summed E-state index contributed by atoms with van der Waals surface area (Å²) < 4.78 is 13.8. The van der Waals surface area contributed by atoms with E-state index in [9.17, 15) is 9.50 Å². The Kier molecular flexibility index (Phi) is 4.81. The lowest BCUT2D eigenvalue weighted by Gasteiger charge is -2.30. The topological polar surface area (TPSA) is 49.5 Å². The van der Waals surface area contributed by atoms with Crippen molar-refractivity contribution in [2.75, 3.05) is 11.4 Å². The Morgan fingerprint density at radius 3 is 2.71 bits per heavy atom. The molecule has 2 atom stereocenters. The largest absolute Gasteiger partial charge is 0.374 e. The number of nitrogens with two attached hydrogens (primary N) is 1. The molecular formula is C19H22ClFN2O. The molecule has 2 unspecified atom stereocenters. The summed E-state index contributed by atoms with van der Waals surface area (Å²) in [7, 11) is 0. The van der Waals surface area contributed by atoms with Crippen molar-refractivity contribution in [1.82, 2.24) is 0 Å². The fraction of sp³-hybridized carbons (Fsp3) is 0.368. The summed E-state index contributed by atoms with van der Waals surface area (Å²) in [5.74, 6) is -0.302. The van der Waals surface area contributed by atoms with E-state index >= 15 is 0 Å². The van der Waals surface area contributed by atoms with Crippen LogP contribution in [0.5, 0.6) is 0 Å². The molecule has 0 amide bonds. The SMILES string of the molecule is Cc1c(Cl)cc(C(C)N)c(-c2cccc(F)c2)c1N1CCCC1O. The summed E-state index contributed by atoms with van der Waals surface area (Å²) in [4.78, 5) is 1.95. The van der Waals surface area contributed by atoms with Gasteiger partial charge in [-0.25, -0.2) is 4.39 Å².